The molecule has 2 aliphatic rings. The third kappa shape index (κ3) is 2.76. The van der Waals surface area contributed by atoms with Gasteiger partial charge in [-0.1, -0.05) is 48.5 Å². The van der Waals surface area contributed by atoms with E-state index in [4.69, 9.17) is 4.84 Å². The van der Waals surface area contributed by atoms with E-state index in [1.165, 1.54) is 4.90 Å². The summed E-state index contributed by atoms with van der Waals surface area (Å²) in [6, 6.07) is 22.9. The molecule has 2 amide bonds. The number of carbonyl (C=O) groups is 2. The third-order valence-corrected chi connectivity index (χ3v) is 5.72. The topological polar surface area (TPSA) is 70.1 Å². The Balaban J connectivity index is 1.60. The Bertz CT molecular complexity index is 1110. The predicted octanol–water partition coefficient (Wildman–Crippen LogP) is 3.75. The molecule has 0 spiro atoms. The molecular weight excluding hydrogens is 380 g/mol. The van der Waals surface area contributed by atoms with Gasteiger partial charge in [-0.15, -0.1) is 0 Å². The van der Waals surface area contributed by atoms with Crippen LogP contribution < -0.4 is 9.96 Å². The lowest BCUT2D eigenvalue weighted by Gasteiger charge is -2.29. The number of para-hydroxylation sites is 2. The molecular formula is C24H20N2O4. The van der Waals surface area contributed by atoms with Crippen LogP contribution in [0.25, 0.3) is 0 Å². The van der Waals surface area contributed by atoms with Crippen LogP contribution in [-0.2, 0) is 14.4 Å². The minimum atomic E-state index is -0.906. The number of benzene rings is 3. The zero-order chi connectivity index (χ0) is 20.8. The van der Waals surface area contributed by atoms with Gasteiger partial charge in [0.2, 0.25) is 5.91 Å². The first kappa shape index (κ1) is 18.4. The highest BCUT2D eigenvalue weighted by molar-refractivity contribution is 6.24. The lowest BCUT2D eigenvalue weighted by atomic mass is 9.90. The summed E-state index contributed by atoms with van der Waals surface area (Å²) in [5.74, 6) is -1.20. The summed E-state index contributed by atoms with van der Waals surface area (Å²) in [7, 11) is 0. The summed E-state index contributed by atoms with van der Waals surface area (Å²) in [5.41, 5.74) is 2.98. The lowest BCUT2D eigenvalue weighted by molar-refractivity contribution is -0.126. The maximum atomic E-state index is 13.5. The highest BCUT2D eigenvalue weighted by atomic mass is 16.7. The van der Waals surface area contributed by atoms with Crippen molar-refractivity contribution in [2.75, 3.05) is 9.96 Å². The maximum Gasteiger partial charge on any atom is 0.266 e. The second-order valence-corrected chi connectivity index (χ2v) is 7.55. The largest absolute Gasteiger partial charge is 0.508 e. The Morgan fingerprint density at radius 2 is 1.50 bits per heavy atom. The summed E-state index contributed by atoms with van der Waals surface area (Å²) in [4.78, 5) is 34.2. The predicted molar refractivity (Wildman–Crippen MR) is 112 cm³/mol. The number of hydroxylamine groups is 1. The number of imide groups is 1. The van der Waals surface area contributed by atoms with E-state index in [1.54, 1.807) is 35.4 Å². The van der Waals surface area contributed by atoms with Crippen LogP contribution in [0, 0.1) is 12.8 Å². The molecule has 2 fully saturated rings. The summed E-state index contributed by atoms with van der Waals surface area (Å²) < 4.78 is 0. The van der Waals surface area contributed by atoms with Crippen molar-refractivity contribution in [3.05, 3.63) is 90.0 Å². The molecule has 0 saturated carbocycles. The number of aryl methyl sites for hydroxylation is 1. The number of aromatic hydroxyl groups is 1. The van der Waals surface area contributed by atoms with Crippen molar-refractivity contribution in [2.24, 2.45) is 5.92 Å². The van der Waals surface area contributed by atoms with Gasteiger partial charge in [0.25, 0.3) is 5.91 Å². The number of rotatable bonds is 3. The average molecular weight is 400 g/mol. The minimum absolute atomic E-state index is 0.135. The Hall–Kier alpha value is -3.64. The van der Waals surface area contributed by atoms with Crippen molar-refractivity contribution < 1.29 is 19.5 Å². The first-order chi connectivity index (χ1) is 14.6. The molecule has 2 saturated heterocycles. The van der Waals surface area contributed by atoms with E-state index in [-0.39, 0.29) is 17.6 Å². The number of fused-ring (bicyclic) bond motifs is 1. The van der Waals surface area contributed by atoms with Crippen molar-refractivity contribution in [1.82, 2.24) is 0 Å². The van der Waals surface area contributed by atoms with Gasteiger partial charge in [0.15, 0.2) is 6.10 Å². The highest BCUT2D eigenvalue weighted by Gasteiger charge is 2.60. The summed E-state index contributed by atoms with van der Waals surface area (Å²) >= 11 is 0. The fraction of sp³-hybridized carbons (Fsp3) is 0.167. The van der Waals surface area contributed by atoms with Crippen molar-refractivity contribution in [3.63, 3.8) is 0 Å². The monoisotopic (exact) mass is 400 g/mol. The number of anilines is 2. The molecule has 30 heavy (non-hydrogen) atoms. The Morgan fingerprint density at radius 1 is 0.833 bits per heavy atom. The molecule has 6 heteroatoms. The van der Waals surface area contributed by atoms with Crippen LogP contribution in [0.2, 0.25) is 0 Å². The van der Waals surface area contributed by atoms with Crippen LogP contribution in [0.15, 0.2) is 78.9 Å². The van der Waals surface area contributed by atoms with E-state index in [9.17, 15) is 14.7 Å². The van der Waals surface area contributed by atoms with Gasteiger partial charge in [0, 0.05) is 0 Å². The number of carbonyl (C=O) groups excluding carboxylic acids is 2. The molecule has 0 aromatic heterocycles. The van der Waals surface area contributed by atoms with Crippen LogP contribution in [-0.4, -0.2) is 23.0 Å². The van der Waals surface area contributed by atoms with Gasteiger partial charge in [-0.05, 0) is 48.4 Å². The molecule has 2 aliphatic heterocycles. The van der Waals surface area contributed by atoms with E-state index in [0.717, 1.165) is 16.8 Å². The fourth-order valence-electron chi connectivity index (χ4n) is 4.28. The summed E-state index contributed by atoms with van der Waals surface area (Å²) in [6.45, 7) is 1.87. The van der Waals surface area contributed by atoms with Crippen molar-refractivity contribution >= 4 is 23.2 Å². The van der Waals surface area contributed by atoms with Gasteiger partial charge in [-0.3, -0.25) is 14.4 Å². The van der Waals surface area contributed by atoms with Gasteiger partial charge in [0.1, 0.15) is 11.7 Å². The second-order valence-electron chi connectivity index (χ2n) is 7.55. The number of hydrogen-bond donors (Lipinski definition) is 1. The molecule has 2 heterocycles. The Kier molecular flexibility index (Phi) is 4.29. The van der Waals surface area contributed by atoms with Crippen LogP contribution in [0.3, 0.4) is 0 Å². The lowest BCUT2D eigenvalue weighted by Crippen LogP contribution is -2.37. The fourth-order valence-corrected chi connectivity index (χ4v) is 4.28. The first-order valence-corrected chi connectivity index (χ1v) is 9.79. The molecule has 1 N–H and O–H groups in total. The molecule has 5 rings (SSSR count). The highest BCUT2D eigenvalue weighted by Crippen LogP contribution is 2.47. The average Bonchev–Trinajstić information content (AvgIpc) is 3.26. The Labute approximate surface area is 173 Å². The van der Waals surface area contributed by atoms with Crippen molar-refractivity contribution in [1.29, 1.82) is 0 Å². The van der Waals surface area contributed by atoms with Gasteiger partial charge in [0.05, 0.1) is 17.4 Å². The third-order valence-electron chi connectivity index (χ3n) is 5.72. The normalized spacial score (nSPS) is 23.2. The number of phenolic OH excluding ortho intramolecular Hbond substituents is 1. The number of hydrogen-bond acceptors (Lipinski definition) is 5. The number of amides is 2. The summed E-state index contributed by atoms with van der Waals surface area (Å²) in [6.07, 6.45) is -0.906. The first-order valence-electron chi connectivity index (χ1n) is 9.79. The van der Waals surface area contributed by atoms with E-state index in [0.29, 0.717) is 5.69 Å². The molecule has 3 aromatic carbocycles. The van der Waals surface area contributed by atoms with Gasteiger partial charge >= 0.3 is 0 Å². The van der Waals surface area contributed by atoms with Gasteiger partial charge in [-0.25, -0.2) is 9.96 Å². The molecule has 150 valence electrons. The van der Waals surface area contributed by atoms with Crippen LogP contribution in [0.5, 0.6) is 5.75 Å². The van der Waals surface area contributed by atoms with E-state index >= 15 is 0 Å². The molecule has 6 nitrogen and oxygen atoms in total. The Morgan fingerprint density at radius 3 is 2.20 bits per heavy atom. The SMILES string of the molecule is Cc1ccccc1N1C(=O)[C@@H]2[C@H](ON(c3ccccc3)[C@@H]2c2ccc(O)cc2)C1=O. The summed E-state index contributed by atoms with van der Waals surface area (Å²) in [5, 5.41) is 11.4. The van der Waals surface area contributed by atoms with Crippen molar-refractivity contribution in [2.45, 2.75) is 19.1 Å². The molecule has 3 atom stereocenters. The van der Waals surface area contributed by atoms with Crippen LogP contribution in [0.4, 0.5) is 11.4 Å². The zero-order valence-electron chi connectivity index (χ0n) is 16.3. The standard InChI is InChI=1S/C24H20N2O4/c1-15-7-5-6-10-19(15)25-23(28)20-21(16-11-13-18(27)14-12-16)26(30-22(20)24(25)29)17-8-3-2-4-9-17/h2-14,20-22,27H,1H3/t20-,21+,22-/m0/s1. The van der Waals surface area contributed by atoms with E-state index in [1.807, 2.05) is 55.5 Å². The smallest absolute Gasteiger partial charge is 0.266 e. The van der Waals surface area contributed by atoms with Crippen LogP contribution in [0.1, 0.15) is 17.2 Å². The molecule has 0 aliphatic carbocycles. The number of nitrogens with zero attached hydrogens (tertiary/aromatic N) is 2. The molecule has 0 radical (unpaired) electrons. The van der Waals surface area contributed by atoms with Gasteiger partial charge in [-0.2, -0.15) is 0 Å². The zero-order valence-corrected chi connectivity index (χ0v) is 16.3. The van der Waals surface area contributed by atoms with Gasteiger partial charge < -0.3 is 5.11 Å². The van der Waals surface area contributed by atoms with E-state index in [2.05, 4.69) is 0 Å². The molecule has 0 unspecified atom stereocenters. The van der Waals surface area contributed by atoms with Crippen LogP contribution >= 0.6 is 0 Å². The van der Waals surface area contributed by atoms with Crippen molar-refractivity contribution in [3.8, 4) is 5.75 Å². The second kappa shape index (κ2) is 7.00. The minimum Gasteiger partial charge on any atom is -0.508 e. The number of phenols is 1. The quantitative estimate of drug-likeness (QED) is 0.678. The molecule has 0 bridgehead atoms. The molecule has 3 aromatic rings. The maximum absolute atomic E-state index is 13.5. The van der Waals surface area contributed by atoms with E-state index < -0.39 is 18.1 Å².